The summed E-state index contributed by atoms with van der Waals surface area (Å²) in [5.74, 6) is 1.79. The predicted molar refractivity (Wildman–Crippen MR) is 130 cm³/mol. The number of hydrogen-bond donors (Lipinski definition) is 0. The number of furan rings is 1. The average Bonchev–Trinajstić information content (AvgIpc) is 3.54. The van der Waals surface area contributed by atoms with Crippen molar-refractivity contribution in [1.82, 2.24) is 19.7 Å². The molecule has 0 unspecified atom stereocenters. The van der Waals surface area contributed by atoms with Gasteiger partial charge < -0.3 is 19.1 Å². The molecular formula is C24H29FN6O2S. The highest BCUT2D eigenvalue weighted by atomic mass is 32.2. The van der Waals surface area contributed by atoms with E-state index in [1.807, 2.05) is 28.0 Å². The van der Waals surface area contributed by atoms with E-state index in [0.29, 0.717) is 38.4 Å². The van der Waals surface area contributed by atoms with E-state index in [0.717, 1.165) is 42.8 Å². The predicted octanol–water partition coefficient (Wildman–Crippen LogP) is 3.49. The molecule has 0 aliphatic carbocycles. The normalized spacial score (nSPS) is 16.8. The first-order valence-electron chi connectivity index (χ1n) is 11.8. The van der Waals surface area contributed by atoms with Crippen molar-refractivity contribution < 1.29 is 13.6 Å². The number of thioether (sulfide) groups is 1. The molecule has 5 rings (SSSR count). The van der Waals surface area contributed by atoms with E-state index in [-0.39, 0.29) is 17.5 Å². The van der Waals surface area contributed by atoms with Crippen LogP contribution in [0, 0.1) is 5.82 Å². The van der Waals surface area contributed by atoms with Crippen molar-refractivity contribution in [3.8, 4) is 0 Å². The summed E-state index contributed by atoms with van der Waals surface area (Å²) in [5.41, 5.74) is 0.597. The summed E-state index contributed by atoms with van der Waals surface area (Å²) in [6.45, 7) is 4.84. The zero-order chi connectivity index (χ0) is 23.3. The highest BCUT2D eigenvalue weighted by molar-refractivity contribution is 7.99. The van der Waals surface area contributed by atoms with Crippen LogP contribution in [0.15, 0.2) is 52.2 Å². The number of carbonyl (C=O) groups is 1. The third-order valence-electron chi connectivity index (χ3n) is 6.38. The second-order valence-corrected chi connectivity index (χ2v) is 9.55. The van der Waals surface area contributed by atoms with Gasteiger partial charge in [-0.2, -0.15) is 0 Å². The molecule has 2 aliphatic rings. The van der Waals surface area contributed by atoms with Crippen LogP contribution >= 0.6 is 11.8 Å². The molecule has 1 aromatic carbocycles. The first-order valence-corrected chi connectivity index (χ1v) is 12.8. The number of nitrogens with zero attached hydrogens (tertiary/aromatic N) is 6. The maximum atomic E-state index is 14.1. The van der Waals surface area contributed by atoms with Gasteiger partial charge in [0.25, 0.3) is 0 Å². The van der Waals surface area contributed by atoms with E-state index in [1.54, 1.807) is 18.4 Å². The lowest BCUT2D eigenvalue weighted by Crippen LogP contribution is -2.49. The van der Waals surface area contributed by atoms with Gasteiger partial charge in [0.2, 0.25) is 11.9 Å². The number of amides is 1. The van der Waals surface area contributed by atoms with Gasteiger partial charge in [0.15, 0.2) is 5.16 Å². The summed E-state index contributed by atoms with van der Waals surface area (Å²) in [6, 6.07) is 10.6. The van der Waals surface area contributed by atoms with Gasteiger partial charge >= 0.3 is 0 Å². The van der Waals surface area contributed by atoms with Crippen LogP contribution in [-0.4, -0.2) is 70.6 Å². The Morgan fingerprint density at radius 2 is 1.74 bits per heavy atom. The molecule has 8 nitrogen and oxygen atoms in total. The molecule has 10 heteroatoms. The van der Waals surface area contributed by atoms with Gasteiger partial charge in [0.05, 0.1) is 24.2 Å². The maximum absolute atomic E-state index is 14.1. The zero-order valence-corrected chi connectivity index (χ0v) is 19.9. The Bertz CT molecular complexity index is 1090. The standard InChI is InChI=1S/C24H29FN6O2S/c25-20-8-2-3-9-21(20)28-12-14-29(15-13-28)22(32)18-34-24-27-26-23(30-10-4-1-5-11-30)31(24)17-19-7-6-16-33-19/h2-3,6-9,16H,1,4-5,10-15,17-18H2. The molecule has 4 heterocycles. The number of hydrogen-bond acceptors (Lipinski definition) is 7. The van der Waals surface area contributed by atoms with Crippen molar-refractivity contribution >= 4 is 29.3 Å². The molecule has 0 saturated carbocycles. The number of aromatic nitrogens is 3. The highest BCUT2D eigenvalue weighted by Gasteiger charge is 2.25. The van der Waals surface area contributed by atoms with Crippen LogP contribution in [0.3, 0.4) is 0 Å². The molecular weight excluding hydrogens is 455 g/mol. The quantitative estimate of drug-likeness (QED) is 0.476. The lowest BCUT2D eigenvalue weighted by molar-refractivity contribution is -0.128. The second kappa shape index (κ2) is 10.5. The van der Waals surface area contributed by atoms with Crippen LogP contribution in [0.1, 0.15) is 25.0 Å². The number of piperidine rings is 1. The molecule has 0 N–H and O–H groups in total. The molecule has 1 amide bonds. The molecule has 2 fully saturated rings. The fourth-order valence-corrected chi connectivity index (χ4v) is 5.37. The van der Waals surface area contributed by atoms with Crippen molar-refractivity contribution in [2.45, 2.75) is 31.0 Å². The number of halogens is 1. The van der Waals surface area contributed by atoms with Crippen LogP contribution in [0.5, 0.6) is 0 Å². The Morgan fingerprint density at radius 3 is 2.47 bits per heavy atom. The first kappa shape index (κ1) is 22.8. The van der Waals surface area contributed by atoms with Crippen molar-refractivity contribution in [1.29, 1.82) is 0 Å². The number of rotatable bonds is 7. The summed E-state index contributed by atoms with van der Waals surface area (Å²) in [6.07, 6.45) is 5.20. The third kappa shape index (κ3) is 5.06. The summed E-state index contributed by atoms with van der Waals surface area (Å²) in [7, 11) is 0. The van der Waals surface area contributed by atoms with Gasteiger partial charge in [0, 0.05) is 39.3 Å². The fourth-order valence-electron chi connectivity index (χ4n) is 4.53. The Morgan fingerprint density at radius 1 is 0.941 bits per heavy atom. The lowest BCUT2D eigenvalue weighted by Gasteiger charge is -2.36. The van der Waals surface area contributed by atoms with Gasteiger partial charge in [-0.05, 0) is 43.5 Å². The Kier molecular flexibility index (Phi) is 7.03. The van der Waals surface area contributed by atoms with E-state index >= 15 is 0 Å². The van der Waals surface area contributed by atoms with Gasteiger partial charge in [0.1, 0.15) is 11.6 Å². The van der Waals surface area contributed by atoms with Crippen LogP contribution in [0.4, 0.5) is 16.0 Å². The molecule has 3 aromatic rings. The average molecular weight is 485 g/mol. The maximum Gasteiger partial charge on any atom is 0.233 e. The summed E-state index contributed by atoms with van der Waals surface area (Å²) < 4.78 is 21.7. The molecule has 0 spiro atoms. The van der Waals surface area contributed by atoms with Crippen molar-refractivity contribution in [3.05, 3.63) is 54.2 Å². The van der Waals surface area contributed by atoms with Crippen LogP contribution < -0.4 is 9.80 Å². The van der Waals surface area contributed by atoms with Crippen molar-refractivity contribution in [2.75, 3.05) is 54.8 Å². The molecule has 2 saturated heterocycles. The fraction of sp³-hybridized carbons (Fsp3) is 0.458. The number of para-hydroxylation sites is 1. The molecule has 0 atom stereocenters. The van der Waals surface area contributed by atoms with E-state index in [4.69, 9.17) is 4.42 Å². The van der Waals surface area contributed by atoms with Crippen molar-refractivity contribution in [3.63, 3.8) is 0 Å². The topological polar surface area (TPSA) is 70.6 Å². The number of anilines is 2. The molecule has 180 valence electrons. The van der Waals surface area contributed by atoms with E-state index < -0.39 is 0 Å². The van der Waals surface area contributed by atoms with Crippen molar-refractivity contribution in [2.24, 2.45) is 0 Å². The summed E-state index contributed by atoms with van der Waals surface area (Å²) in [5, 5.41) is 9.61. The van der Waals surface area contributed by atoms with Crippen LogP contribution in [-0.2, 0) is 11.3 Å². The van der Waals surface area contributed by atoms with Gasteiger partial charge in [-0.25, -0.2) is 4.39 Å². The zero-order valence-electron chi connectivity index (χ0n) is 19.1. The summed E-state index contributed by atoms with van der Waals surface area (Å²) >= 11 is 1.41. The first-order chi connectivity index (χ1) is 16.7. The Balaban J connectivity index is 1.22. The second-order valence-electron chi connectivity index (χ2n) is 8.60. The molecule has 0 bridgehead atoms. The molecule has 34 heavy (non-hydrogen) atoms. The van der Waals surface area contributed by atoms with E-state index in [1.165, 1.54) is 24.2 Å². The number of benzene rings is 1. The monoisotopic (exact) mass is 484 g/mol. The highest BCUT2D eigenvalue weighted by Crippen LogP contribution is 2.26. The summed E-state index contributed by atoms with van der Waals surface area (Å²) in [4.78, 5) is 19.1. The van der Waals surface area contributed by atoms with Crippen LogP contribution in [0.25, 0.3) is 0 Å². The Labute approximate surface area is 202 Å². The van der Waals surface area contributed by atoms with E-state index in [2.05, 4.69) is 19.7 Å². The third-order valence-corrected chi connectivity index (χ3v) is 7.33. The Hall–Kier alpha value is -3.01. The lowest BCUT2D eigenvalue weighted by atomic mass is 10.1. The van der Waals surface area contributed by atoms with Gasteiger partial charge in [-0.15, -0.1) is 10.2 Å². The molecule has 2 aliphatic heterocycles. The van der Waals surface area contributed by atoms with Gasteiger partial charge in [-0.1, -0.05) is 23.9 Å². The molecule has 0 radical (unpaired) electrons. The minimum atomic E-state index is -0.224. The largest absolute Gasteiger partial charge is 0.467 e. The number of carbonyl (C=O) groups excluding carboxylic acids is 1. The smallest absolute Gasteiger partial charge is 0.233 e. The minimum absolute atomic E-state index is 0.0604. The number of piperazine rings is 1. The minimum Gasteiger partial charge on any atom is -0.467 e. The molecule has 2 aromatic heterocycles. The van der Waals surface area contributed by atoms with Gasteiger partial charge in [-0.3, -0.25) is 9.36 Å². The van der Waals surface area contributed by atoms with E-state index in [9.17, 15) is 9.18 Å². The SMILES string of the molecule is O=C(CSc1nnc(N2CCCCC2)n1Cc1ccco1)N1CCN(c2ccccc2F)CC1. The van der Waals surface area contributed by atoms with Crippen LogP contribution in [0.2, 0.25) is 0 Å².